The Hall–Kier alpha value is -3.02. The highest BCUT2D eigenvalue weighted by Gasteiger charge is 2.06. The molecule has 0 heterocycles. The molecule has 0 spiro atoms. The van der Waals surface area contributed by atoms with Crippen molar-refractivity contribution in [2.24, 2.45) is 0 Å². The minimum absolute atomic E-state index is 0.130. The second-order valence-corrected chi connectivity index (χ2v) is 5.61. The van der Waals surface area contributed by atoms with Crippen LogP contribution in [0.4, 0.5) is 11.4 Å². The van der Waals surface area contributed by atoms with Gasteiger partial charge in [0.2, 0.25) is 5.91 Å². The molecule has 0 aromatic heterocycles. The van der Waals surface area contributed by atoms with Crippen molar-refractivity contribution in [3.63, 3.8) is 0 Å². The Kier molecular flexibility index (Phi) is 6.39. The number of benzene rings is 2. The van der Waals surface area contributed by atoms with E-state index in [1.165, 1.54) is 7.11 Å². The van der Waals surface area contributed by atoms with Crippen molar-refractivity contribution in [3.05, 3.63) is 53.6 Å². The number of hydrogen-bond donors (Lipinski definition) is 2. The molecule has 0 bridgehead atoms. The summed E-state index contributed by atoms with van der Waals surface area (Å²) in [7, 11) is 1.31. The Balaban J connectivity index is 1.86. The first kappa shape index (κ1) is 18.3. The van der Waals surface area contributed by atoms with Crippen LogP contribution in [0.5, 0.6) is 5.75 Å². The van der Waals surface area contributed by atoms with Crippen LogP contribution in [0.25, 0.3) is 0 Å². The van der Waals surface area contributed by atoms with Crippen molar-refractivity contribution in [1.82, 2.24) is 0 Å². The van der Waals surface area contributed by atoms with Crippen molar-refractivity contribution in [2.75, 3.05) is 30.9 Å². The molecule has 0 radical (unpaired) electrons. The van der Waals surface area contributed by atoms with E-state index >= 15 is 0 Å². The zero-order valence-electron chi connectivity index (χ0n) is 14.6. The van der Waals surface area contributed by atoms with E-state index in [1.54, 1.807) is 18.2 Å². The molecule has 6 nitrogen and oxygen atoms in total. The Morgan fingerprint density at radius 1 is 1.04 bits per heavy atom. The molecule has 132 valence electrons. The van der Waals surface area contributed by atoms with E-state index in [9.17, 15) is 9.59 Å². The number of anilines is 2. The summed E-state index contributed by atoms with van der Waals surface area (Å²) in [5.74, 6) is -0.000501. The standard InChI is InChI=1S/C19H22N2O4/c1-13-4-6-15(7-5-13)21-18(22)11-20-17-9-8-16(10-14(17)2)25-12-19(23)24-3/h4-10,20H,11-12H2,1-3H3,(H,21,22). The summed E-state index contributed by atoms with van der Waals surface area (Å²) in [6.45, 7) is 3.90. The van der Waals surface area contributed by atoms with E-state index in [1.807, 2.05) is 38.1 Å². The molecule has 0 saturated carbocycles. The van der Waals surface area contributed by atoms with E-state index in [0.717, 1.165) is 22.5 Å². The summed E-state index contributed by atoms with van der Waals surface area (Å²) < 4.78 is 9.85. The van der Waals surface area contributed by atoms with Gasteiger partial charge in [-0.2, -0.15) is 0 Å². The molecule has 1 amide bonds. The maximum absolute atomic E-state index is 12.0. The lowest BCUT2D eigenvalue weighted by Crippen LogP contribution is -2.22. The number of methoxy groups -OCH3 is 1. The lowest BCUT2D eigenvalue weighted by molar-refractivity contribution is -0.142. The first-order valence-electron chi connectivity index (χ1n) is 7.88. The van der Waals surface area contributed by atoms with Gasteiger partial charge in [0.05, 0.1) is 13.7 Å². The van der Waals surface area contributed by atoms with E-state index in [0.29, 0.717) is 5.75 Å². The Bertz CT molecular complexity index is 742. The first-order valence-corrected chi connectivity index (χ1v) is 7.88. The van der Waals surface area contributed by atoms with Crippen LogP contribution in [0.3, 0.4) is 0 Å². The monoisotopic (exact) mass is 342 g/mol. The lowest BCUT2D eigenvalue weighted by atomic mass is 10.2. The molecule has 0 aliphatic rings. The van der Waals surface area contributed by atoms with Crippen molar-refractivity contribution >= 4 is 23.3 Å². The number of amides is 1. The van der Waals surface area contributed by atoms with Crippen LogP contribution >= 0.6 is 0 Å². The molecule has 0 aliphatic carbocycles. The maximum Gasteiger partial charge on any atom is 0.343 e. The number of aryl methyl sites for hydroxylation is 2. The molecule has 25 heavy (non-hydrogen) atoms. The summed E-state index contributed by atoms with van der Waals surface area (Å²) in [5.41, 5.74) is 3.64. The topological polar surface area (TPSA) is 76.7 Å². The zero-order chi connectivity index (χ0) is 18.2. The molecule has 2 N–H and O–H groups in total. The molecule has 0 unspecified atom stereocenters. The van der Waals surface area contributed by atoms with Crippen LogP contribution in [-0.2, 0) is 14.3 Å². The second kappa shape index (κ2) is 8.73. The summed E-state index contributed by atoms with van der Waals surface area (Å²) in [4.78, 5) is 23.1. The normalized spacial score (nSPS) is 10.0. The molecule has 0 saturated heterocycles. The molecular weight excluding hydrogens is 320 g/mol. The number of ether oxygens (including phenoxy) is 2. The van der Waals surface area contributed by atoms with Gasteiger partial charge < -0.3 is 20.1 Å². The fraction of sp³-hybridized carbons (Fsp3) is 0.263. The van der Waals surface area contributed by atoms with Crippen molar-refractivity contribution in [3.8, 4) is 5.75 Å². The van der Waals surface area contributed by atoms with Crippen LogP contribution in [0.1, 0.15) is 11.1 Å². The van der Waals surface area contributed by atoms with Crippen LogP contribution in [0.15, 0.2) is 42.5 Å². The second-order valence-electron chi connectivity index (χ2n) is 5.61. The Labute approximate surface area is 147 Å². The SMILES string of the molecule is COC(=O)COc1ccc(NCC(=O)Nc2ccc(C)cc2)c(C)c1. The molecule has 0 atom stereocenters. The number of esters is 1. The van der Waals surface area contributed by atoms with Crippen LogP contribution < -0.4 is 15.4 Å². The highest BCUT2D eigenvalue weighted by molar-refractivity contribution is 5.93. The highest BCUT2D eigenvalue weighted by atomic mass is 16.6. The number of carbonyl (C=O) groups excluding carboxylic acids is 2. The number of carbonyl (C=O) groups is 2. The van der Waals surface area contributed by atoms with Gasteiger partial charge in [-0.25, -0.2) is 4.79 Å². The Morgan fingerprint density at radius 2 is 1.76 bits per heavy atom. The van der Waals surface area contributed by atoms with Gasteiger partial charge in [0, 0.05) is 11.4 Å². The average molecular weight is 342 g/mol. The molecular formula is C19H22N2O4. The van der Waals surface area contributed by atoms with Crippen molar-refractivity contribution < 1.29 is 19.1 Å². The Morgan fingerprint density at radius 3 is 2.40 bits per heavy atom. The molecule has 6 heteroatoms. The van der Waals surface area contributed by atoms with Gasteiger partial charge in [0.15, 0.2) is 6.61 Å². The first-order chi connectivity index (χ1) is 12.0. The third-order valence-corrected chi connectivity index (χ3v) is 3.56. The zero-order valence-corrected chi connectivity index (χ0v) is 14.6. The molecule has 0 fully saturated rings. The fourth-order valence-corrected chi connectivity index (χ4v) is 2.14. The predicted molar refractivity (Wildman–Crippen MR) is 97.0 cm³/mol. The van der Waals surface area contributed by atoms with Gasteiger partial charge in [0.25, 0.3) is 0 Å². The third-order valence-electron chi connectivity index (χ3n) is 3.56. The summed E-state index contributed by atoms with van der Waals surface area (Å²) in [6.07, 6.45) is 0. The van der Waals surface area contributed by atoms with Gasteiger partial charge in [-0.05, 0) is 49.7 Å². The third kappa shape index (κ3) is 5.84. The van der Waals surface area contributed by atoms with Gasteiger partial charge in [-0.1, -0.05) is 17.7 Å². The fourth-order valence-electron chi connectivity index (χ4n) is 2.14. The van der Waals surface area contributed by atoms with Crippen LogP contribution in [-0.4, -0.2) is 32.1 Å². The summed E-state index contributed by atoms with van der Waals surface area (Å²) in [6, 6.07) is 13.0. The quantitative estimate of drug-likeness (QED) is 0.757. The van der Waals surface area contributed by atoms with E-state index in [2.05, 4.69) is 15.4 Å². The number of hydrogen-bond acceptors (Lipinski definition) is 5. The van der Waals surface area contributed by atoms with Crippen LogP contribution in [0.2, 0.25) is 0 Å². The average Bonchev–Trinajstić information content (AvgIpc) is 2.60. The smallest absolute Gasteiger partial charge is 0.343 e. The highest BCUT2D eigenvalue weighted by Crippen LogP contribution is 2.21. The lowest BCUT2D eigenvalue weighted by Gasteiger charge is -2.12. The molecule has 0 aliphatic heterocycles. The molecule has 2 aromatic rings. The summed E-state index contributed by atoms with van der Waals surface area (Å²) in [5, 5.41) is 5.92. The van der Waals surface area contributed by atoms with Crippen LogP contribution in [0, 0.1) is 13.8 Å². The minimum Gasteiger partial charge on any atom is -0.482 e. The van der Waals surface area contributed by atoms with Gasteiger partial charge in [0.1, 0.15) is 5.75 Å². The van der Waals surface area contributed by atoms with Crippen molar-refractivity contribution in [2.45, 2.75) is 13.8 Å². The van der Waals surface area contributed by atoms with E-state index in [-0.39, 0.29) is 19.1 Å². The van der Waals surface area contributed by atoms with Gasteiger partial charge in [-0.3, -0.25) is 4.79 Å². The maximum atomic E-state index is 12.0. The predicted octanol–water partition coefficient (Wildman–Crippen LogP) is 2.91. The van der Waals surface area contributed by atoms with E-state index in [4.69, 9.17) is 4.74 Å². The van der Waals surface area contributed by atoms with Crippen molar-refractivity contribution in [1.29, 1.82) is 0 Å². The largest absolute Gasteiger partial charge is 0.482 e. The van der Waals surface area contributed by atoms with E-state index < -0.39 is 5.97 Å². The van der Waals surface area contributed by atoms with Gasteiger partial charge >= 0.3 is 5.97 Å². The molecule has 2 rings (SSSR count). The number of rotatable bonds is 7. The number of nitrogens with one attached hydrogen (secondary N) is 2. The molecule has 2 aromatic carbocycles. The minimum atomic E-state index is -0.437. The summed E-state index contributed by atoms with van der Waals surface area (Å²) >= 11 is 0. The van der Waals surface area contributed by atoms with Gasteiger partial charge in [-0.15, -0.1) is 0 Å².